The van der Waals surface area contributed by atoms with Crippen LogP contribution in [0.4, 0.5) is 18.9 Å². The van der Waals surface area contributed by atoms with E-state index in [2.05, 4.69) is 10.3 Å². The zero-order valence-corrected chi connectivity index (χ0v) is 12.7. The fraction of sp³-hybridized carbons (Fsp3) is 0.471. The molecule has 0 unspecified atom stereocenters. The molecule has 2 aromatic rings. The van der Waals surface area contributed by atoms with E-state index in [4.69, 9.17) is 0 Å². The normalized spacial score (nSPS) is 16.7. The van der Waals surface area contributed by atoms with E-state index in [1.807, 2.05) is 0 Å². The van der Waals surface area contributed by atoms with Gasteiger partial charge in [0.1, 0.15) is 5.69 Å². The predicted octanol–water partition coefficient (Wildman–Crippen LogP) is 5.10. The lowest BCUT2D eigenvalue weighted by Crippen LogP contribution is -2.18. The van der Waals surface area contributed by atoms with Gasteiger partial charge in [0, 0.05) is 23.0 Å². The molecule has 0 atom stereocenters. The van der Waals surface area contributed by atoms with Crippen molar-refractivity contribution in [3.05, 3.63) is 30.0 Å². The Balaban J connectivity index is 1.69. The van der Waals surface area contributed by atoms with E-state index in [-0.39, 0.29) is 5.91 Å². The number of rotatable bonds is 3. The molecule has 1 heterocycles. The molecule has 0 saturated heterocycles. The summed E-state index contributed by atoms with van der Waals surface area (Å²) in [6.07, 6.45) is 1.84. The van der Waals surface area contributed by atoms with Crippen molar-refractivity contribution in [3.8, 4) is 0 Å². The molecule has 23 heavy (non-hydrogen) atoms. The molecule has 1 saturated carbocycles. The van der Waals surface area contributed by atoms with Gasteiger partial charge >= 0.3 is 6.18 Å². The van der Waals surface area contributed by atoms with Crippen molar-refractivity contribution in [3.63, 3.8) is 0 Å². The predicted molar refractivity (Wildman–Crippen MR) is 83.1 cm³/mol. The second-order valence-corrected chi connectivity index (χ2v) is 6.24. The fourth-order valence-corrected chi connectivity index (χ4v) is 3.23. The average Bonchev–Trinajstić information content (AvgIpc) is 2.91. The smallest absolute Gasteiger partial charge is 0.351 e. The van der Waals surface area contributed by atoms with Crippen LogP contribution in [0.3, 0.4) is 0 Å². The van der Waals surface area contributed by atoms with Gasteiger partial charge in [-0.1, -0.05) is 19.3 Å². The van der Waals surface area contributed by atoms with Crippen molar-refractivity contribution in [2.45, 2.75) is 44.7 Å². The van der Waals surface area contributed by atoms with E-state index in [9.17, 15) is 18.0 Å². The number of aromatic amines is 1. The van der Waals surface area contributed by atoms with Gasteiger partial charge in [0.05, 0.1) is 0 Å². The van der Waals surface area contributed by atoms with Gasteiger partial charge in [0.15, 0.2) is 0 Å². The number of aromatic nitrogens is 1. The molecule has 124 valence electrons. The van der Waals surface area contributed by atoms with Gasteiger partial charge in [0.2, 0.25) is 5.91 Å². The Kier molecular flexibility index (Phi) is 4.33. The second kappa shape index (κ2) is 6.26. The molecule has 3 rings (SSSR count). The van der Waals surface area contributed by atoms with Crippen LogP contribution in [0.15, 0.2) is 24.3 Å². The maximum absolute atomic E-state index is 12.7. The monoisotopic (exact) mass is 324 g/mol. The van der Waals surface area contributed by atoms with Gasteiger partial charge in [-0.25, -0.2) is 0 Å². The highest BCUT2D eigenvalue weighted by Gasteiger charge is 2.32. The molecule has 0 bridgehead atoms. The van der Waals surface area contributed by atoms with E-state index in [0.717, 1.165) is 18.9 Å². The number of hydrogen-bond acceptors (Lipinski definition) is 1. The minimum atomic E-state index is -4.40. The molecule has 2 N–H and O–H groups in total. The van der Waals surface area contributed by atoms with Crippen molar-refractivity contribution in [2.24, 2.45) is 5.92 Å². The van der Waals surface area contributed by atoms with Crippen LogP contribution < -0.4 is 5.32 Å². The number of hydrogen-bond donors (Lipinski definition) is 2. The van der Waals surface area contributed by atoms with Gasteiger partial charge in [-0.2, -0.15) is 13.2 Å². The summed E-state index contributed by atoms with van der Waals surface area (Å²) in [5.41, 5.74) is 0.159. The number of anilines is 1. The van der Waals surface area contributed by atoms with E-state index >= 15 is 0 Å². The molecule has 0 aliphatic heterocycles. The Morgan fingerprint density at radius 3 is 2.61 bits per heavy atom. The number of carbonyl (C=O) groups excluding carboxylic acids is 1. The minimum absolute atomic E-state index is 0.0668. The SMILES string of the molecule is O=C(CC1CCCCC1)Nc1ccc2[nH]c(C(F)(F)F)cc2c1. The highest BCUT2D eigenvalue weighted by molar-refractivity contribution is 5.94. The third-order valence-electron chi connectivity index (χ3n) is 4.41. The largest absolute Gasteiger partial charge is 0.431 e. The lowest BCUT2D eigenvalue weighted by molar-refractivity contribution is -0.140. The van der Waals surface area contributed by atoms with Crippen molar-refractivity contribution in [1.82, 2.24) is 4.98 Å². The van der Waals surface area contributed by atoms with Gasteiger partial charge in [0.25, 0.3) is 0 Å². The maximum atomic E-state index is 12.7. The van der Waals surface area contributed by atoms with Crippen LogP contribution >= 0.6 is 0 Å². The van der Waals surface area contributed by atoms with Crippen LogP contribution in [0, 0.1) is 5.92 Å². The van der Waals surface area contributed by atoms with E-state index in [1.54, 1.807) is 18.2 Å². The number of amides is 1. The number of benzene rings is 1. The number of fused-ring (bicyclic) bond motifs is 1. The van der Waals surface area contributed by atoms with Gasteiger partial charge in [-0.3, -0.25) is 4.79 Å². The molecule has 1 aliphatic carbocycles. The fourth-order valence-electron chi connectivity index (χ4n) is 3.23. The maximum Gasteiger partial charge on any atom is 0.431 e. The van der Waals surface area contributed by atoms with Crippen molar-refractivity contribution >= 4 is 22.5 Å². The van der Waals surface area contributed by atoms with E-state index in [0.29, 0.717) is 28.9 Å². The summed E-state index contributed by atoms with van der Waals surface area (Å²) in [5, 5.41) is 3.23. The first-order valence-electron chi connectivity index (χ1n) is 7.91. The van der Waals surface area contributed by atoms with Crippen LogP contribution in [0.1, 0.15) is 44.2 Å². The molecule has 0 spiro atoms. The summed E-state index contributed by atoms with van der Waals surface area (Å²) in [5.74, 6) is 0.361. The highest BCUT2D eigenvalue weighted by Crippen LogP contribution is 2.32. The number of H-pyrrole nitrogens is 1. The number of halogens is 3. The molecular formula is C17H19F3N2O. The first kappa shape index (κ1) is 15.9. The third-order valence-corrected chi connectivity index (χ3v) is 4.41. The molecule has 1 fully saturated rings. The number of alkyl halides is 3. The number of nitrogens with one attached hydrogen (secondary N) is 2. The Morgan fingerprint density at radius 1 is 1.17 bits per heavy atom. The highest BCUT2D eigenvalue weighted by atomic mass is 19.4. The molecule has 1 amide bonds. The Bertz CT molecular complexity index is 699. The molecule has 1 aromatic carbocycles. The topological polar surface area (TPSA) is 44.9 Å². The lowest BCUT2D eigenvalue weighted by Gasteiger charge is -2.20. The zero-order chi connectivity index (χ0) is 16.4. The zero-order valence-electron chi connectivity index (χ0n) is 12.7. The van der Waals surface area contributed by atoms with Crippen molar-refractivity contribution < 1.29 is 18.0 Å². The summed E-state index contributed by atoms with van der Waals surface area (Å²) >= 11 is 0. The lowest BCUT2D eigenvalue weighted by atomic mass is 9.87. The van der Waals surface area contributed by atoms with Crippen LogP contribution in [-0.2, 0) is 11.0 Å². The van der Waals surface area contributed by atoms with Crippen LogP contribution in [-0.4, -0.2) is 10.9 Å². The molecular weight excluding hydrogens is 305 g/mol. The van der Waals surface area contributed by atoms with Gasteiger partial charge in [-0.15, -0.1) is 0 Å². The molecule has 0 radical (unpaired) electrons. The van der Waals surface area contributed by atoms with Crippen molar-refractivity contribution in [1.29, 1.82) is 0 Å². The summed E-state index contributed by atoms with van der Waals surface area (Å²) in [7, 11) is 0. The van der Waals surface area contributed by atoms with Gasteiger partial charge < -0.3 is 10.3 Å². The Morgan fingerprint density at radius 2 is 1.91 bits per heavy atom. The number of carbonyl (C=O) groups is 1. The van der Waals surface area contributed by atoms with Crippen LogP contribution in [0.2, 0.25) is 0 Å². The van der Waals surface area contributed by atoms with E-state index < -0.39 is 11.9 Å². The van der Waals surface area contributed by atoms with Gasteiger partial charge in [-0.05, 0) is 43.0 Å². The Hall–Kier alpha value is -1.98. The second-order valence-electron chi connectivity index (χ2n) is 6.24. The third kappa shape index (κ3) is 3.86. The Labute approximate surface area is 132 Å². The molecule has 1 aliphatic rings. The summed E-state index contributed by atoms with van der Waals surface area (Å²) < 4.78 is 38.1. The average molecular weight is 324 g/mol. The van der Waals surface area contributed by atoms with Crippen LogP contribution in [0.25, 0.3) is 10.9 Å². The summed E-state index contributed by atoms with van der Waals surface area (Å²) in [6.45, 7) is 0. The van der Waals surface area contributed by atoms with Crippen LogP contribution in [0.5, 0.6) is 0 Å². The molecule has 1 aromatic heterocycles. The first-order valence-corrected chi connectivity index (χ1v) is 7.91. The quantitative estimate of drug-likeness (QED) is 0.811. The standard InChI is InChI=1S/C17H19F3N2O/c18-17(19,20)15-10-12-9-13(6-7-14(12)22-15)21-16(23)8-11-4-2-1-3-5-11/h6-7,9-11,22H,1-5,8H2,(H,21,23). The summed E-state index contributed by atoms with van der Waals surface area (Å²) in [6, 6.07) is 5.81. The minimum Gasteiger partial charge on any atom is -0.351 e. The molecule has 3 nitrogen and oxygen atoms in total. The summed E-state index contributed by atoms with van der Waals surface area (Å²) in [4.78, 5) is 14.4. The molecule has 6 heteroatoms. The van der Waals surface area contributed by atoms with E-state index in [1.165, 1.54) is 19.3 Å². The first-order chi connectivity index (χ1) is 10.9. The van der Waals surface area contributed by atoms with Crippen molar-refractivity contribution in [2.75, 3.05) is 5.32 Å².